The second-order valence-electron chi connectivity index (χ2n) is 5.63. The molecule has 1 saturated heterocycles. The summed E-state index contributed by atoms with van der Waals surface area (Å²) in [5, 5.41) is 0.532. The van der Waals surface area contributed by atoms with Crippen LogP contribution in [0, 0.1) is 0 Å². The molecule has 0 aromatic heterocycles. The van der Waals surface area contributed by atoms with Gasteiger partial charge in [-0.1, -0.05) is 45.7 Å². The number of anilines is 1. The molecule has 2 aromatic rings. The van der Waals surface area contributed by atoms with Crippen LogP contribution in [0.25, 0.3) is 0 Å². The highest BCUT2D eigenvalue weighted by Gasteiger charge is 2.35. The van der Waals surface area contributed by atoms with Crippen molar-refractivity contribution >= 4 is 45.0 Å². The highest BCUT2D eigenvalue weighted by molar-refractivity contribution is 9.10. The predicted molar refractivity (Wildman–Crippen MR) is 98.4 cm³/mol. The Morgan fingerprint density at radius 2 is 1.92 bits per heavy atom. The van der Waals surface area contributed by atoms with E-state index in [0.29, 0.717) is 29.4 Å². The summed E-state index contributed by atoms with van der Waals surface area (Å²) in [6.07, 6.45) is 0. The van der Waals surface area contributed by atoms with Crippen LogP contribution in [0.2, 0.25) is 5.02 Å². The van der Waals surface area contributed by atoms with Crippen LogP contribution in [-0.2, 0) is 4.79 Å². The summed E-state index contributed by atoms with van der Waals surface area (Å²) < 4.78 is 0.835. The number of halogens is 2. The van der Waals surface area contributed by atoms with E-state index in [-0.39, 0.29) is 11.8 Å². The SMILES string of the molecule is CC1C(=O)N(c2ccccc2Cl)CCN1C(=O)c1cccc(Br)c1. The molecule has 24 heavy (non-hydrogen) atoms. The molecule has 1 aliphatic heterocycles. The van der Waals surface area contributed by atoms with Gasteiger partial charge in [0.05, 0.1) is 10.7 Å². The second-order valence-corrected chi connectivity index (χ2v) is 6.95. The molecule has 2 amide bonds. The van der Waals surface area contributed by atoms with E-state index in [0.717, 1.165) is 4.47 Å². The number of nitrogens with zero attached hydrogens (tertiary/aromatic N) is 2. The lowest BCUT2D eigenvalue weighted by Gasteiger charge is -2.39. The van der Waals surface area contributed by atoms with Crippen molar-refractivity contribution in [2.75, 3.05) is 18.0 Å². The van der Waals surface area contributed by atoms with Gasteiger partial charge in [0.1, 0.15) is 6.04 Å². The summed E-state index contributed by atoms with van der Waals surface area (Å²) in [6, 6.07) is 13.9. The van der Waals surface area contributed by atoms with Crippen molar-refractivity contribution in [2.45, 2.75) is 13.0 Å². The lowest BCUT2D eigenvalue weighted by atomic mass is 10.1. The molecule has 0 N–H and O–H groups in total. The zero-order valence-corrected chi connectivity index (χ0v) is 15.4. The first-order chi connectivity index (χ1) is 11.5. The van der Waals surface area contributed by atoms with Crippen LogP contribution >= 0.6 is 27.5 Å². The van der Waals surface area contributed by atoms with Gasteiger partial charge in [-0.3, -0.25) is 9.59 Å². The molecule has 1 fully saturated rings. The molecule has 1 aliphatic rings. The Morgan fingerprint density at radius 1 is 1.17 bits per heavy atom. The molecule has 3 rings (SSSR count). The Bertz CT molecular complexity index is 796. The number of carbonyl (C=O) groups excluding carboxylic acids is 2. The van der Waals surface area contributed by atoms with Crippen molar-refractivity contribution in [3.63, 3.8) is 0 Å². The van der Waals surface area contributed by atoms with Gasteiger partial charge < -0.3 is 9.80 Å². The van der Waals surface area contributed by atoms with E-state index >= 15 is 0 Å². The van der Waals surface area contributed by atoms with Gasteiger partial charge in [-0.05, 0) is 37.3 Å². The van der Waals surface area contributed by atoms with Crippen molar-refractivity contribution in [3.05, 3.63) is 63.6 Å². The number of carbonyl (C=O) groups is 2. The Kier molecular flexibility index (Phi) is 4.92. The fourth-order valence-electron chi connectivity index (χ4n) is 2.84. The summed E-state index contributed by atoms with van der Waals surface area (Å²) in [5.74, 6) is -0.270. The first-order valence-corrected chi connectivity index (χ1v) is 8.78. The lowest BCUT2D eigenvalue weighted by molar-refractivity contribution is -0.124. The highest BCUT2D eigenvalue weighted by atomic mass is 79.9. The summed E-state index contributed by atoms with van der Waals surface area (Å²) in [4.78, 5) is 28.7. The van der Waals surface area contributed by atoms with Crippen molar-refractivity contribution in [3.8, 4) is 0 Å². The third kappa shape index (κ3) is 3.19. The molecule has 0 spiro atoms. The fourth-order valence-corrected chi connectivity index (χ4v) is 3.48. The Morgan fingerprint density at radius 3 is 2.62 bits per heavy atom. The second kappa shape index (κ2) is 6.95. The highest BCUT2D eigenvalue weighted by Crippen LogP contribution is 2.28. The van der Waals surface area contributed by atoms with Gasteiger partial charge in [-0.25, -0.2) is 0 Å². The van der Waals surface area contributed by atoms with Crippen molar-refractivity contribution < 1.29 is 9.59 Å². The molecular formula is C18H16BrClN2O2. The van der Waals surface area contributed by atoms with Crippen molar-refractivity contribution in [1.82, 2.24) is 4.90 Å². The average Bonchev–Trinajstić information content (AvgIpc) is 2.57. The molecule has 4 nitrogen and oxygen atoms in total. The maximum Gasteiger partial charge on any atom is 0.254 e. The normalized spacial score (nSPS) is 18.0. The molecule has 1 unspecified atom stereocenters. The minimum absolute atomic E-state index is 0.127. The zero-order valence-electron chi connectivity index (χ0n) is 13.1. The smallest absolute Gasteiger partial charge is 0.254 e. The molecule has 6 heteroatoms. The van der Waals surface area contributed by atoms with Gasteiger partial charge in [-0.2, -0.15) is 0 Å². The van der Waals surface area contributed by atoms with Crippen LogP contribution < -0.4 is 4.90 Å². The first-order valence-electron chi connectivity index (χ1n) is 7.61. The van der Waals surface area contributed by atoms with Crippen LogP contribution in [-0.4, -0.2) is 35.8 Å². The van der Waals surface area contributed by atoms with E-state index in [4.69, 9.17) is 11.6 Å². The van der Waals surface area contributed by atoms with Gasteiger partial charge in [0, 0.05) is 23.1 Å². The van der Waals surface area contributed by atoms with E-state index in [1.54, 1.807) is 34.9 Å². The zero-order chi connectivity index (χ0) is 17.3. The van der Waals surface area contributed by atoms with Gasteiger partial charge in [0.2, 0.25) is 5.91 Å². The van der Waals surface area contributed by atoms with E-state index in [2.05, 4.69) is 15.9 Å². The van der Waals surface area contributed by atoms with Gasteiger partial charge >= 0.3 is 0 Å². The summed E-state index contributed by atoms with van der Waals surface area (Å²) in [7, 11) is 0. The van der Waals surface area contributed by atoms with Crippen LogP contribution in [0.1, 0.15) is 17.3 Å². The van der Waals surface area contributed by atoms with Crippen molar-refractivity contribution in [1.29, 1.82) is 0 Å². The number of rotatable bonds is 2. The lowest BCUT2D eigenvalue weighted by Crippen LogP contribution is -2.57. The average molecular weight is 408 g/mol. The maximum absolute atomic E-state index is 12.8. The summed E-state index contributed by atoms with van der Waals surface area (Å²) in [6.45, 7) is 2.64. The number of piperazine rings is 1. The number of para-hydroxylation sites is 1. The molecule has 1 atom stereocenters. The van der Waals surface area contributed by atoms with Crippen LogP contribution in [0.5, 0.6) is 0 Å². The minimum atomic E-state index is -0.540. The van der Waals surface area contributed by atoms with Crippen LogP contribution in [0.4, 0.5) is 5.69 Å². The summed E-state index contributed by atoms with van der Waals surface area (Å²) >= 11 is 9.57. The molecule has 124 valence electrons. The fraction of sp³-hybridized carbons (Fsp3) is 0.222. The van der Waals surface area contributed by atoms with Crippen LogP contribution in [0.15, 0.2) is 53.0 Å². The molecular weight excluding hydrogens is 392 g/mol. The number of hydrogen-bond acceptors (Lipinski definition) is 2. The third-order valence-corrected chi connectivity index (χ3v) is 4.94. The van der Waals surface area contributed by atoms with Gasteiger partial charge in [-0.15, -0.1) is 0 Å². The Hall–Kier alpha value is -1.85. The van der Waals surface area contributed by atoms with E-state index in [1.165, 1.54) is 0 Å². The summed E-state index contributed by atoms with van der Waals surface area (Å²) in [5.41, 5.74) is 1.25. The predicted octanol–water partition coefficient (Wildman–Crippen LogP) is 3.98. The van der Waals surface area contributed by atoms with E-state index in [9.17, 15) is 9.59 Å². The van der Waals surface area contributed by atoms with E-state index in [1.807, 2.05) is 30.3 Å². The molecule has 0 aliphatic carbocycles. The largest absolute Gasteiger partial charge is 0.325 e. The number of hydrogen-bond donors (Lipinski definition) is 0. The Labute approximate surface area is 154 Å². The maximum atomic E-state index is 12.8. The number of amides is 2. The Balaban J connectivity index is 1.83. The molecule has 2 aromatic carbocycles. The number of benzene rings is 2. The van der Waals surface area contributed by atoms with Gasteiger partial charge in [0.15, 0.2) is 0 Å². The molecule has 0 radical (unpaired) electrons. The topological polar surface area (TPSA) is 40.6 Å². The van der Waals surface area contributed by atoms with E-state index < -0.39 is 6.04 Å². The third-order valence-electron chi connectivity index (χ3n) is 4.13. The molecule has 0 bridgehead atoms. The molecule has 0 saturated carbocycles. The quantitative estimate of drug-likeness (QED) is 0.755. The monoisotopic (exact) mass is 406 g/mol. The minimum Gasteiger partial charge on any atom is -0.325 e. The van der Waals surface area contributed by atoms with Crippen LogP contribution in [0.3, 0.4) is 0 Å². The first kappa shape index (κ1) is 17.0. The molecule has 1 heterocycles. The van der Waals surface area contributed by atoms with Gasteiger partial charge in [0.25, 0.3) is 5.91 Å². The van der Waals surface area contributed by atoms with Crippen molar-refractivity contribution in [2.24, 2.45) is 0 Å². The standard InChI is InChI=1S/C18H16BrClN2O2/c1-12-17(23)22(16-8-3-2-7-15(16)20)10-9-21(12)18(24)13-5-4-6-14(19)11-13/h2-8,11-12H,9-10H2,1H3.